The molecule has 2 aromatic carbocycles. The Labute approximate surface area is 188 Å². The third kappa shape index (κ3) is 3.58. The Bertz CT molecular complexity index is 1080. The molecular weight excluding hydrogens is 402 g/mol. The van der Waals surface area contributed by atoms with Gasteiger partial charge in [-0.3, -0.25) is 4.68 Å². The zero-order valence-corrected chi connectivity index (χ0v) is 18.5. The van der Waals surface area contributed by atoms with Crippen LogP contribution in [0.3, 0.4) is 0 Å². The Hall–Kier alpha value is -3.12. The number of aliphatic hydroxyl groups is 1. The fraction of sp³-hybridized carbons (Fsp3) is 0.385. The van der Waals surface area contributed by atoms with Gasteiger partial charge in [0.05, 0.1) is 6.20 Å². The van der Waals surface area contributed by atoms with Crippen LogP contribution < -0.4 is 0 Å². The summed E-state index contributed by atoms with van der Waals surface area (Å²) in [7, 11) is 0. The van der Waals surface area contributed by atoms with Gasteiger partial charge in [-0.15, -0.1) is 0 Å². The standard InChI is InChI=1S/C26H29N3O3/c1-17(2)29-13-18(11-27-29)24-14-28(12-19(24)15-30)26(31)32-16-25-22-9-5-3-7-20(22)21-8-4-6-10-23(21)25/h3-11,13,17,19,24-25,30H,12,14-16H2,1-2H3/t19-,24-/m0/s1. The summed E-state index contributed by atoms with van der Waals surface area (Å²) >= 11 is 0. The third-order valence-corrected chi connectivity index (χ3v) is 6.85. The molecule has 0 bridgehead atoms. The maximum Gasteiger partial charge on any atom is 0.409 e. The molecule has 2 heterocycles. The number of fused-ring (bicyclic) bond motifs is 3. The van der Waals surface area contributed by atoms with E-state index in [-0.39, 0.29) is 36.5 Å². The van der Waals surface area contributed by atoms with E-state index < -0.39 is 0 Å². The molecule has 1 saturated heterocycles. The fourth-order valence-corrected chi connectivity index (χ4v) is 5.09. The van der Waals surface area contributed by atoms with Gasteiger partial charge in [0.2, 0.25) is 0 Å². The molecule has 166 valence electrons. The first kappa shape index (κ1) is 20.8. The van der Waals surface area contributed by atoms with Crippen LogP contribution in [0.1, 0.15) is 48.4 Å². The monoisotopic (exact) mass is 431 g/mol. The number of likely N-dealkylation sites (tertiary alicyclic amines) is 1. The minimum Gasteiger partial charge on any atom is -0.448 e. The molecule has 0 saturated carbocycles. The number of rotatable bonds is 5. The van der Waals surface area contributed by atoms with Crippen molar-refractivity contribution in [2.45, 2.75) is 31.7 Å². The second-order valence-corrected chi connectivity index (χ2v) is 9.11. The lowest BCUT2D eigenvalue weighted by Crippen LogP contribution is -2.31. The molecule has 1 fully saturated rings. The summed E-state index contributed by atoms with van der Waals surface area (Å²) in [5.41, 5.74) is 5.90. The Kier molecular flexibility index (Phi) is 5.47. The third-order valence-electron chi connectivity index (χ3n) is 6.85. The van der Waals surface area contributed by atoms with Gasteiger partial charge in [-0.05, 0) is 41.7 Å². The number of ether oxygens (including phenoxy) is 1. The average Bonchev–Trinajstić information content (AvgIpc) is 3.53. The summed E-state index contributed by atoms with van der Waals surface area (Å²) in [5.74, 6) is 0.0935. The molecule has 0 spiro atoms. The van der Waals surface area contributed by atoms with Crippen molar-refractivity contribution < 1.29 is 14.6 Å². The molecule has 1 N–H and O–H groups in total. The molecule has 6 heteroatoms. The van der Waals surface area contributed by atoms with Crippen LogP contribution in [0.4, 0.5) is 4.79 Å². The highest BCUT2D eigenvalue weighted by atomic mass is 16.6. The van der Waals surface area contributed by atoms with Crippen molar-refractivity contribution in [3.05, 3.63) is 77.6 Å². The van der Waals surface area contributed by atoms with Gasteiger partial charge >= 0.3 is 6.09 Å². The lowest BCUT2D eigenvalue weighted by Gasteiger charge is -2.19. The van der Waals surface area contributed by atoms with E-state index in [1.54, 1.807) is 4.90 Å². The largest absolute Gasteiger partial charge is 0.448 e. The van der Waals surface area contributed by atoms with Crippen LogP contribution in [0.25, 0.3) is 11.1 Å². The number of nitrogens with zero attached hydrogens (tertiary/aromatic N) is 3. The first-order chi connectivity index (χ1) is 15.6. The summed E-state index contributed by atoms with van der Waals surface area (Å²) < 4.78 is 7.74. The molecule has 1 amide bonds. The summed E-state index contributed by atoms with van der Waals surface area (Å²) in [6.07, 6.45) is 3.57. The quantitative estimate of drug-likeness (QED) is 0.649. The molecule has 0 unspecified atom stereocenters. The van der Waals surface area contributed by atoms with Gasteiger partial charge in [-0.1, -0.05) is 48.5 Å². The first-order valence-corrected chi connectivity index (χ1v) is 11.3. The van der Waals surface area contributed by atoms with E-state index in [0.29, 0.717) is 19.7 Å². The molecule has 2 aliphatic rings. The van der Waals surface area contributed by atoms with Crippen molar-refractivity contribution in [3.8, 4) is 11.1 Å². The van der Waals surface area contributed by atoms with Crippen LogP contribution in [0, 0.1) is 5.92 Å². The highest BCUT2D eigenvalue weighted by Gasteiger charge is 2.38. The summed E-state index contributed by atoms with van der Waals surface area (Å²) in [5, 5.41) is 14.4. The van der Waals surface area contributed by atoms with Crippen molar-refractivity contribution in [1.82, 2.24) is 14.7 Å². The van der Waals surface area contributed by atoms with Gasteiger partial charge in [0.25, 0.3) is 0 Å². The van der Waals surface area contributed by atoms with E-state index in [1.807, 2.05) is 41.3 Å². The van der Waals surface area contributed by atoms with Crippen LogP contribution in [-0.4, -0.2) is 52.2 Å². The Morgan fingerprint density at radius 2 is 1.75 bits per heavy atom. The van der Waals surface area contributed by atoms with E-state index in [4.69, 9.17) is 4.74 Å². The van der Waals surface area contributed by atoms with Gasteiger partial charge in [-0.2, -0.15) is 5.10 Å². The van der Waals surface area contributed by atoms with Gasteiger partial charge in [0, 0.05) is 49.7 Å². The summed E-state index contributed by atoms with van der Waals surface area (Å²) in [6.45, 7) is 5.53. The molecular formula is C26H29N3O3. The minimum atomic E-state index is -0.316. The van der Waals surface area contributed by atoms with Crippen LogP contribution in [0.15, 0.2) is 60.9 Å². The highest BCUT2D eigenvalue weighted by molar-refractivity contribution is 5.79. The van der Waals surface area contributed by atoms with Gasteiger partial charge in [0.15, 0.2) is 0 Å². The van der Waals surface area contributed by atoms with Gasteiger partial charge in [-0.25, -0.2) is 4.79 Å². The van der Waals surface area contributed by atoms with Gasteiger partial charge < -0.3 is 14.7 Å². The highest BCUT2D eigenvalue weighted by Crippen LogP contribution is 2.44. The predicted molar refractivity (Wildman–Crippen MR) is 123 cm³/mol. The molecule has 3 aromatic rings. The van der Waals surface area contributed by atoms with Crippen LogP contribution in [0.2, 0.25) is 0 Å². The van der Waals surface area contributed by atoms with Crippen molar-refractivity contribution in [1.29, 1.82) is 0 Å². The van der Waals surface area contributed by atoms with Crippen molar-refractivity contribution in [3.63, 3.8) is 0 Å². The van der Waals surface area contributed by atoms with Crippen LogP contribution in [0.5, 0.6) is 0 Å². The summed E-state index contributed by atoms with van der Waals surface area (Å²) in [4.78, 5) is 14.7. The fourth-order valence-electron chi connectivity index (χ4n) is 5.09. The number of amides is 1. The maximum atomic E-state index is 13.0. The Morgan fingerprint density at radius 3 is 2.34 bits per heavy atom. The normalized spacial score (nSPS) is 19.9. The topological polar surface area (TPSA) is 67.6 Å². The molecule has 6 nitrogen and oxygen atoms in total. The van der Waals surface area contributed by atoms with Gasteiger partial charge in [0.1, 0.15) is 6.61 Å². The van der Waals surface area contributed by atoms with E-state index >= 15 is 0 Å². The number of carbonyl (C=O) groups excluding carboxylic acids is 1. The van der Waals surface area contributed by atoms with Crippen molar-refractivity contribution in [2.75, 3.05) is 26.3 Å². The average molecular weight is 432 g/mol. The number of hydrogen-bond donors (Lipinski definition) is 1. The second kappa shape index (κ2) is 8.43. The maximum absolute atomic E-state index is 13.0. The van der Waals surface area contributed by atoms with E-state index in [0.717, 1.165) is 5.56 Å². The lowest BCUT2D eigenvalue weighted by molar-refractivity contribution is 0.105. The first-order valence-electron chi connectivity index (χ1n) is 11.3. The predicted octanol–water partition coefficient (Wildman–Crippen LogP) is 4.42. The van der Waals surface area contributed by atoms with E-state index in [9.17, 15) is 9.90 Å². The molecule has 0 radical (unpaired) electrons. The Morgan fingerprint density at radius 1 is 1.09 bits per heavy atom. The van der Waals surface area contributed by atoms with E-state index in [2.05, 4.69) is 43.2 Å². The number of aliphatic hydroxyl groups excluding tert-OH is 1. The van der Waals surface area contributed by atoms with Crippen molar-refractivity contribution in [2.24, 2.45) is 5.92 Å². The molecule has 2 atom stereocenters. The zero-order valence-electron chi connectivity index (χ0n) is 18.5. The zero-order chi connectivity index (χ0) is 22.2. The lowest BCUT2D eigenvalue weighted by atomic mass is 9.92. The molecule has 1 aromatic heterocycles. The molecule has 1 aliphatic heterocycles. The number of aromatic nitrogens is 2. The Balaban J connectivity index is 1.29. The minimum absolute atomic E-state index is 0.0136. The van der Waals surface area contributed by atoms with E-state index in [1.165, 1.54) is 22.3 Å². The summed E-state index contributed by atoms with van der Waals surface area (Å²) in [6, 6.07) is 16.9. The molecule has 1 aliphatic carbocycles. The second-order valence-electron chi connectivity index (χ2n) is 9.11. The number of carbonyl (C=O) groups is 1. The molecule has 32 heavy (non-hydrogen) atoms. The number of benzene rings is 2. The van der Waals surface area contributed by atoms with Crippen LogP contribution >= 0.6 is 0 Å². The van der Waals surface area contributed by atoms with Crippen molar-refractivity contribution >= 4 is 6.09 Å². The SMILES string of the molecule is CC(C)n1cc([C@@H]2CN(C(=O)OCC3c4ccccc4-c4ccccc43)C[C@H]2CO)cn1. The molecule has 5 rings (SSSR count). The van der Waals surface area contributed by atoms with Crippen LogP contribution in [-0.2, 0) is 4.74 Å². The number of hydrogen-bond acceptors (Lipinski definition) is 4. The smallest absolute Gasteiger partial charge is 0.409 e.